The van der Waals surface area contributed by atoms with Crippen LogP contribution in [0.3, 0.4) is 0 Å². The van der Waals surface area contributed by atoms with Crippen LogP contribution in [-0.2, 0) is 6.54 Å². The highest BCUT2D eigenvalue weighted by Crippen LogP contribution is 2.21. The minimum Gasteiger partial charge on any atom is -0.250 e. The number of nitrogens with zero attached hydrogens (tertiary/aromatic N) is 3. The Bertz CT molecular complexity index is 538. The summed E-state index contributed by atoms with van der Waals surface area (Å²) in [4.78, 5) is 0. The number of pyridine rings is 1. The molecule has 2 aromatic rings. The highest BCUT2D eigenvalue weighted by molar-refractivity contribution is 5.53. The van der Waals surface area contributed by atoms with Crippen LogP contribution in [0.2, 0.25) is 0 Å². The molecule has 2 atom stereocenters. The summed E-state index contributed by atoms with van der Waals surface area (Å²) in [6, 6.07) is 7.42. The number of nitrogens with one attached hydrogen (secondary N) is 1. The van der Waals surface area contributed by atoms with Gasteiger partial charge in [0.15, 0.2) is 0 Å². The van der Waals surface area contributed by atoms with Crippen molar-refractivity contribution in [1.29, 1.82) is 0 Å². The van der Waals surface area contributed by atoms with Crippen LogP contribution < -0.4 is 5.43 Å². The van der Waals surface area contributed by atoms with E-state index in [1.54, 1.807) is 0 Å². The first-order valence-corrected chi connectivity index (χ1v) is 7.19. The number of hydrogen-bond donors (Lipinski definition) is 1. The van der Waals surface area contributed by atoms with Gasteiger partial charge in [-0.15, -0.1) is 0 Å². The van der Waals surface area contributed by atoms with Crippen LogP contribution in [0.5, 0.6) is 0 Å². The van der Waals surface area contributed by atoms with Gasteiger partial charge in [-0.05, 0) is 38.8 Å². The number of hydrazine groups is 1. The number of rotatable bonds is 3. The lowest BCUT2D eigenvalue weighted by molar-refractivity contribution is 0.0437. The number of aromatic nitrogens is 2. The molecule has 4 nitrogen and oxygen atoms in total. The molecule has 3 heterocycles. The molecule has 1 saturated heterocycles. The Kier molecular flexibility index (Phi) is 3.53. The van der Waals surface area contributed by atoms with Crippen LogP contribution in [0.25, 0.3) is 5.52 Å². The van der Waals surface area contributed by atoms with E-state index in [0.29, 0.717) is 12.1 Å². The molecule has 1 fully saturated rings. The quantitative estimate of drug-likeness (QED) is 0.918. The van der Waals surface area contributed by atoms with E-state index < -0.39 is 0 Å². The highest BCUT2D eigenvalue weighted by Gasteiger charge is 2.24. The molecular weight excluding hydrogens is 236 g/mol. The first-order chi connectivity index (χ1) is 9.25. The maximum absolute atomic E-state index is 4.38. The molecule has 1 aliphatic rings. The maximum Gasteiger partial charge on any atom is 0.0707 e. The lowest BCUT2D eigenvalue weighted by atomic mass is 10.00. The summed E-state index contributed by atoms with van der Waals surface area (Å²) in [7, 11) is 0. The average Bonchev–Trinajstić information content (AvgIpc) is 2.82. The smallest absolute Gasteiger partial charge is 0.0707 e. The van der Waals surface area contributed by atoms with Crippen molar-refractivity contribution < 1.29 is 0 Å². The molecule has 0 radical (unpaired) electrons. The van der Waals surface area contributed by atoms with Gasteiger partial charge in [0.25, 0.3) is 0 Å². The molecule has 0 amide bonds. The van der Waals surface area contributed by atoms with Gasteiger partial charge in [0.05, 0.1) is 11.7 Å². The lowest BCUT2D eigenvalue weighted by Crippen LogP contribution is -2.51. The SMILES string of the molecule is CC1CCCC(C)N1NCc1cnn2ccccc12. The molecule has 0 spiro atoms. The zero-order chi connectivity index (χ0) is 13.2. The van der Waals surface area contributed by atoms with Crippen molar-refractivity contribution in [2.75, 3.05) is 0 Å². The fraction of sp³-hybridized carbons (Fsp3) is 0.533. The molecule has 0 saturated carbocycles. The zero-order valence-electron chi connectivity index (χ0n) is 11.7. The number of piperidine rings is 1. The van der Waals surface area contributed by atoms with Gasteiger partial charge in [-0.1, -0.05) is 12.5 Å². The van der Waals surface area contributed by atoms with E-state index in [-0.39, 0.29) is 0 Å². The molecule has 102 valence electrons. The van der Waals surface area contributed by atoms with Gasteiger partial charge in [-0.25, -0.2) is 9.52 Å². The first-order valence-electron chi connectivity index (χ1n) is 7.19. The molecule has 2 unspecified atom stereocenters. The first kappa shape index (κ1) is 12.6. The Morgan fingerprint density at radius 1 is 1.26 bits per heavy atom. The van der Waals surface area contributed by atoms with Crippen LogP contribution in [0.15, 0.2) is 30.6 Å². The third kappa shape index (κ3) is 2.51. The van der Waals surface area contributed by atoms with Gasteiger partial charge in [-0.2, -0.15) is 5.10 Å². The van der Waals surface area contributed by atoms with Crippen LogP contribution in [0.1, 0.15) is 38.7 Å². The van der Waals surface area contributed by atoms with Gasteiger partial charge < -0.3 is 0 Å². The van der Waals surface area contributed by atoms with Crippen molar-refractivity contribution in [3.63, 3.8) is 0 Å². The second-order valence-corrected chi connectivity index (χ2v) is 5.57. The van der Waals surface area contributed by atoms with Crippen LogP contribution >= 0.6 is 0 Å². The lowest BCUT2D eigenvalue weighted by Gasteiger charge is -2.39. The summed E-state index contributed by atoms with van der Waals surface area (Å²) in [5.74, 6) is 0. The standard InChI is InChI=1S/C15H22N4/c1-12-6-5-7-13(2)19(12)17-11-14-10-16-18-9-4-3-8-15(14)18/h3-4,8-10,12-13,17H,5-7,11H2,1-2H3. The van der Waals surface area contributed by atoms with E-state index in [1.807, 2.05) is 23.0 Å². The highest BCUT2D eigenvalue weighted by atomic mass is 15.5. The van der Waals surface area contributed by atoms with Crippen molar-refractivity contribution in [2.24, 2.45) is 0 Å². The van der Waals surface area contributed by atoms with Crippen molar-refractivity contribution in [2.45, 2.75) is 51.7 Å². The molecule has 0 aliphatic carbocycles. The zero-order valence-corrected chi connectivity index (χ0v) is 11.7. The molecule has 1 aliphatic heterocycles. The Morgan fingerprint density at radius 3 is 2.84 bits per heavy atom. The van der Waals surface area contributed by atoms with Gasteiger partial charge in [0.2, 0.25) is 0 Å². The third-order valence-corrected chi connectivity index (χ3v) is 4.15. The van der Waals surface area contributed by atoms with Gasteiger partial charge >= 0.3 is 0 Å². The molecule has 19 heavy (non-hydrogen) atoms. The van der Waals surface area contributed by atoms with Crippen LogP contribution in [0, 0.1) is 0 Å². The van der Waals surface area contributed by atoms with Crippen LogP contribution in [-0.4, -0.2) is 26.7 Å². The summed E-state index contributed by atoms with van der Waals surface area (Å²) in [5, 5.41) is 6.79. The monoisotopic (exact) mass is 258 g/mol. The largest absolute Gasteiger partial charge is 0.250 e. The molecule has 1 N–H and O–H groups in total. The fourth-order valence-electron chi connectivity index (χ4n) is 3.03. The topological polar surface area (TPSA) is 32.6 Å². The van der Waals surface area contributed by atoms with E-state index in [2.05, 4.69) is 41.5 Å². The van der Waals surface area contributed by atoms with E-state index in [4.69, 9.17) is 0 Å². The average molecular weight is 258 g/mol. The third-order valence-electron chi connectivity index (χ3n) is 4.15. The summed E-state index contributed by atoms with van der Waals surface area (Å²) in [6.07, 6.45) is 7.86. The molecule has 2 aromatic heterocycles. The van der Waals surface area contributed by atoms with Crippen molar-refractivity contribution in [3.8, 4) is 0 Å². The Balaban J connectivity index is 1.71. The molecule has 0 aromatic carbocycles. The molecule has 0 bridgehead atoms. The van der Waals surface area contributed by atoms with Crippen molar-refractivity contribution in [3.05, 3.63) is 36.2 Å². The predicted molar refractivity (Wildman–Crippen MR) is 76.6 cm³/mol. The summed E-state index contributed by atoms with van der Waals surface area (Å²) in [6.45, 7) is 5.46. The minimum absolute atomic E-state index is 0.616. The predicted octanol–water partition coefficient (Wildman–Crippen LogP) is 2.60. The van der Waals surface area contributed by atoms with Crippen molar-refractivity contribution >= 4 is 5.52 Å². The molecule has 4 heteroatoms. The molecular formula is C15H22N4. The van der Waals surface area contributed by atoms with Crippen molar-refractivity contribution in [1.82, 2.24) is 20.0 Å². The van der Waals surface area contributed by atoms with E-state index >= 15 is 0 Å². The van der Waals surface area contributed by atoms with E-state index in [1.165, 1.54) is 30.3 Å². The van der Waals surface area contributed by atoms with E-state index in [0.717, 1.165) is 6.54 Å². The van der Waals surface area contributed by atoms with E-state index in [9.17, 15) is 0 Å². The second-order valence-electron chi connectivity index (χ2n) is 5.57. The summed E-state index contributed by atoms with van der Waals surface area (Å²) in [5.41, 5.74) is 6.04. The minimum atomic E-state index is 0.616. The number of fused-ring (bicyclic) bond motifs is 1. The fourth-order valence-corrected chi connectivity index (χ4v) is 3.03. The Labute approximate surface area is 114 Å². The maximum atomic E-state index is 4.38. The summed E-state index contributed by atoms with van der Waals surface area (Å²) >= 11 is 0. The molecule has 3 rings (SSSR count). The van der Waals surface area contributed by atoms with Gasteiger partial charge in [-0.3, -0.25) is 5.43 Å². The summed E-state index contributed by atoms with van der Waals surface area (Å²) < 4.78 is 1.93. The Morgan fingerprint density at radius 2 is 2.05 bits per heavy atom. The van der Waals surface area contributed by atoms with Gasteiger partial charge in [0.1, 0.15) is 0 Å². The van der Waals surface area contributed by atoms with Crippen LogP contribution in [0.4, 0.5) is 0 Å². The second kappa shape index (κ2) is 5.31. The van der Waals surface area contributed by atoms with Gasteiger partial charge in [0, 0.05) is 30.4 Å². The number of hydrogen-bond acceptors (Lipinski definition) is 3. The Hall–Kier alpha value is -1.39. The normalized spacial score (nSPS) is 24.9.